The predicted molar refractivity (Wildman–Crippen MR) is 57.3 cm³/mol. The van der Waals surface area contributed by atoms with E-state index in [1.807, 2.05) is 18.2 Å². The maximum absolute atomic E-state index is 5.18. The van der Waals surface area contributed by atoms with E-state index in [0.717, 1.165) is 11.1 Å². The smallest absolute Gasteiger partial charge is 0.181 e. The lowest BCUT2D eigenvalue weighted by Crippen LogP contribution is -1.72. The SMILES string of the molecule is c1csc(-c2ccc3ocnc3c2)c1. The van der Waals surface area contributed by atoms with Crippen LogP contribution < -0.4 is 0 Å². The number of nitrogens with zero attached hydrogens (tertiary/aromatic N) is 1. The molecule has 0 spiro atoms. The first kappa shape index (κ1) is 7.76. The molecule has 0 unspecified atom stereocenters. The number of rotatable bonds is 1. The molecule has 0 aliphatic heterocycles. The van der Waals surface area contributed by atoms with Gasteiger partial charge in [-0.2, -0.15) is 0 Å². The molecule has 0 bridgehead atoms. The maximum Gasteiger partial charge on any atom is 0.181 e. The molecule has 3 aromatic rings. The minimum absolute atomic E-state index is 0.838. The molecule has 2 nitrogen and oxygen atoms in total. The van der Waals surface area contributed by atoms with E-state index in [-0.39, 0.29) is 0 Å². The molecule has 0 fully saturated rings. The van der Waals surface area contributed by atoms with E-state index in [1.165, 1.54) is 16.8 Å². The van der Waals surface area contributed by atoms with Gasteiger partial charge in [-0.1, -0.05) is 6.07 Å². The Balaban J connectivity index is 2.23. The van der Waals surface area contributed by atoms with Crippen molar-refractivity contribution in [3.8, 4) is 10.4 Å². The highest BCUT2D eigenvalue weighted by molar-refractivity contribution is 7.13. The Hall–Kier alpha value is -1.61. The highest BCUT2D eigenvalue weighted by atomic mass is 32.1. The fourth-order valence-electron chi connectivity index (χ4n) is 1.45. The second-order valence-corrected chi connectivity index (χ2v) is 3.96. The lowest BCUT2D eigenvalue weighted by molar-refractivity contribution is 0.602. The molecule has 0 N–H and O–H groups in total. The molecule has 3 heteroatoms. The second kappa shape index (κ2) is 2.96. The van der Waals surface area contributed by atoms with Crippen LogP contribution in [0.2, 0.25) is 0 Å². The summed E-state index contributed by atoms with van der Waals surface area (Å²) in [5.41, 5.74) is 2.95. The molecule has 2 heterocycles. The summed E-state index contributed by atoms with van der Waals surface area (Å²) in [5, 5.41) is 2.07. The molecule has 3 rings (SSSR count). The summed E-state index contributed by atoms with van der Waals surface area (Å²) in [6, 6.07) is 10.2. The normalized spacial score (nSPS) is 10.9. The topological polar surface area (TPSA) is 26.0 Å². The van der Waals surface area contributed by atoms with Crippen molar-refractivity contribution < 1.29 is 4.42 Å². The summed E-state index contributed by atoms with van der Waals surface area (Å²) >= 11 is 1.73. The van der Waals surface area contributed by atoms with Crippen LogP contribution >= 0.6 is 11.3 Å². The van der Waals surface area contributed by atoms with E-state index in [1.54, 1.807) is 11.3 Å². The van der Waals surface area contributed by atoms with Gasteiger partial charge in [-0.3, -0.25) is 0 Å². The maximum atomic E-state index is 5.18. The monoisotopic (exact) mass is 201 g/mol. The molecule has 2 aromatic heterocycles. The van der Waals surface area contributed by atoms with Gasteiger partial charge in [0.05, 0.1) is 0 Å². The van der Waals surface area contributed by atoms with Crippen LogP contribution in [0.25, 0.3) is 21.5 Å². The molecular formula is C11H7NOS. The summed E-state index contributed by atoms with van der Waals surface area (Å²) in [6.45, 7) is 0. The molecule has 0 aliphatic carbocycles. The second-order valence-electron chi connectivity index (χ2n) is 3.01. The van der Waals surface area contributed by atoms with Crippen molar-refractivity contribution in [2.75, 3.05) is 0 Å². The Morgan fingerprint density at radius 2 is 2.21 bits per heavy atom. The van der Waals surface area contributed by atoms with Gasteiger partial charge in [0.2, 0.25) is 0 Å². The number of aromatic nitrogens is 1. The largest absolute Gasteiger partial charge is 0.443 e. The van der Waals surface area contributed by atoms with Crippen molar-refractivity contribution in [1.29, 1.82) is 0 Å². The van der Waals surface area contributed by atoms with Gasteiger partial charge in [0.25, 0.3) is 0 Å². The minimum atomic E-state index is 0.838. The quantitative estimate of drug-likeness (QED) is 0.601. The Morgan fingerprint density at radius 3 is 3.07 bits per heavy atom. The van der Waals surface area contributed by atoms with Gasteiger partial charge >= 0.3 is 0 Å². The highest BCUT2D eigenvalue weighted by Gasteiger charge is 2.02. The van der Waals surface area contributed by atoms with Gasteiger partial charge in [-0.25, -0.2) is 4.98 Å². The van der Waals surface area contributed by atoms with Crippen molar-refractivity contribution in [3.63, 3.8) is 0 Å². The first-order valence-corrected chi connectivity index (χ1v) is 5.18. The van der Waals surface area contributed by atoms with Crippen LogP contribution in [0, 0.1) is 0 Å². The van der Waals surface area contributed by atoms with Gasteiger partial charge < -0.3 is 4.42 Å². The minimum Gasteiger partial charge on any atom is -0.443 e. The van der Waals surface area contributed by atoms with E-state index < -0.39 is 0 Å². The number of fused-ring (bicyclic) bond motifs is 1. The van der Waals surface area contributed by atoms with E-state index in [0.29, 0.717) is 0 Å². The first-order valence-electron chi connectivity index (χ1n) is 4.30. The van der Waals surface area contributed by atoms with Crippen LogP contribution in [0.15, 0.2) is 46.5 Å². The fraction of sp³-hybridized carbons (Fsp3) is 0. The molecule has 0 saturated carbocycles. The Bertz CT molecular complexity index is 553. The van der Waals surface area contributed by atoms with E-state index in [4.69, 9.17) is 4.42 Å². The zero-order valence-electron chi connectivity index (χ0n) is 7.31. The third-order valence-electron chi connectivity index (χ3n) is 2.14. The molecule has 0 radical (unpaired) electrons. The number of oxazole rings is 1. The van der Waals surface area contributed by atoms with Crippen LogP contribution in [-0.4, -0.2) is 4.98 Å². The van der Waals surface area contributed by atoms with Gasteiger partial charge in [-0.05, 0) is 35.2 Å². The Kier molecular flexibility index (Phi) is 1.64. The summed E-state index contributed by atoms with van der Waals surface area (Å²) in [5.74, 6) is 0. The molecule has 1 aromatic carbocycles. The first-order chi connectivity index (χ1) is 6.93. The Labute approximate surface area is 84.8 Å². The van der Waals surface area contributed by atoms with Crippen molar-refractivity contribution in [2.45, 2.75) is 0 Å². The molecule has 14 heavy (non-hydrogen) atoms. The summed E-state index contributed by atoms with van der Waals surface area (Å²) in [7, 11) is 0. The van der Waals surface area contributed by atoms with E-state index in [2.05, 4.69) is 22.5 Å². The number of benzene rings is 1. The predicted octanol–water partition coefficient (Wildman–Crippen LogP) is 3.56. The average molecular weight is 201 g/mol. The average Bonchev–Trinajstić information content (AvgIpc) is 2.88. The van der Waals surface area contributed by atoms with Crippen LogP contribution in [0.4, 0.5) is 0 Å². The lowest BCUT2D eigenvalue weighted by Gasteiger charge is -1.95. The number of thiophene rings is 1. The van der Waals surface area contributed by atoms with Crippen LogP contribution in [0.5, 0.6) is 0 Å². The molecule has 0 atom stereocenters. The van der Waals surface area contributed by atoms with E-state index in [9.17, 15) is 0 Å². The van der Waals surface area contributed by atoms with Crippen molar-refractivity contribution in [2.24, 2.45) is 0 Å². The summed E-state index contributed by atoms with van der Waals surface area (Å²) < 4.78 is 5.18. The van der Waals surface area contributed by atoms with Gasteiger partial charge in [0.15, 0.2) is 12.0 Å². The van der Waals surface area contributed by atoms with Gasteiger partial charge in [0, 0.05) is 4.88 Å². The Morgan fingerprint density at radius 1 is 1.21 bits per heavy atom. The standard InChI is InChI=1S/C11H7NOS/c1-2-11(14-5-1)8-3-4-10-9(6-8)12-7-13-10/h1-7H. The van der Waals surface area contributed by atoms with Gasteiger partial charge in [0.1, 0.15) is 5.52 Å². The van der Waals surface area contributed by atoms with Crippen LogP contribution in [0.1, 0.15) is 0 Å². The van der Waals surface area contributed by atoms with Crippen LogP contribution in [-0.2, 0) is 0 Å². The molecule has 0 amide bonds. The molecule has 0 saturated heterocycles. The third-order valence-corrected chi connectivity index (χ3v) is 3.06. The molecule has 68 valence electrons. The summed E-state index contributed by atoms with van der Waals surface area (Å²) in [4.78, 5) is 5.39. The zero-order chi connectivity index (χ0) is 9.38. The van der Waals surface area contributed by atoms with E-state index >= 15 is 0 Å². The molecule has 0 aliphatic rings. The number of hydrogen-bond donors (Lipinski definition) is 0. The lowest BCUT2D eigenvalue weighted by atomic mass is 10.2. The fourth-order valence-corrected chi connectivity index (χ4v) is 2.18. The zero-order valence-corrected chi connectivity index (χ0v) is 8.12. The third kappa shape index (κ3) is 1.14. The number of hydrogen-bond acceptors (Lipinski definition) is 3. The van der Waals surface area contributed by atoms with Gasteiger partial charge in [-0.15, -0.1) is 11.3 Å². The molecular weight excluding hydrogens is 194 g/mol. The van der Waals surface area contributed by atoms with Crippen molar-refractivity contribution in [1.82, 2.24) is 4.98 Å². The highest BCUT2D eigenvalue weighted by Crippen LogP contribution is 2.27. The van der Waals surface area contributed by atoms with Crippen molar-refractivity contribution in [3.05, 3.63) is 42.1 Å². The van der Waals surface area contributed by atoms with Crippen LogP contribution in [0.3, 0.4) is 0 Å². The summed E-state index contributed by atoms with van der Waals surface area (Å²) in [6.07, 6.45) is 1.48. The van der Waals surface area contributed by atoms with Crippen molar-refractivity contribution >= 4 is 22.4 Å².